The van der Waals surface area contributed by atoms with Crippen molar-refractivity contribution in [1.29, 1.82) is 0 Å². The Bertz CT molecular complexity index is 442. The van der Waals surface area contributed by atoms with Gasteiger partial charge in [-0.3, -0.25) is 4.99 Å². The summed E-state index contributed by atoms with van der Waals surface area (Å²) in [5.74, 6) is 0.679. The number of guanidine groups is 1. The van der Waals surface area contributed by atoms with Crippen LogP contribution in [0.2, 0.25) is 0 Å². The van der Waals surface area contributed by atoms with Crippen molar-refractivity contribution in [2.75, 3.05) is 19.6 Å². The molecule has 2 aliphatic rings. The van der Waals surface area contributed by atoms with Crippen molar-refractivity contribution in [3.63, 3.8) is 0 Å². The van der Waals surface area contributed by atoms with Gasteiger partial charge in [-0.15, -0.1) is 0 Å². The molecule has 1 aromatic rings. The number of aliphatic imine (C=N–C) groups is 1. The highest BCUT2D eigenvalue weighted by Crippen LogP contribution is 2.32. The van der Waals surface area contributed by atoms with E-state index in [4.69, 9.17) is 10.5 Å². The van der Waals surface area contributed by atoms with Crippen molar-refractivity contribution in [2.45, 2.75) is 31.5 Å². The number of nitrogens with two attached hydrogens (primary N) is 1. The molecular formula is C15H21N3O. The minimum atomic E-state index is 0.213. The van der Waals surface area contributed by atoms with E-state index in [1.54, 1.807) is 0 Å². The second-order valence-corrected chi connectivity index (χ2v) is 5.27. The lowest BCUT2D eigenvalue weighted by molar-refractivity contribution is 0.0499. The normalized spacial score (nSPS) is 27.4. The number of nitrogens with zero attached hydrogens (tertiary/aromatic N) is 2. The van der Waals surface area contributed by atoms with Crippen molar-refractivity contribution >= 4 is 5.96 Å². The van der Waals surface area contributed by atoms with Crippen LogP contribution in [0, 0.1) is 0 Å². The Balaban J connectivity index is 1.52. The Morgan fingerprint density at radius 3 is 2.74 bits per heavy atom. The summed E-state index contributed by atoms with van der Waals surface area (Å²) in [5.41, 5.74) is 7.19. The van der Waals surface area contributed by atoms with Crippen molar-refractivity contribution < 1.29 is 4.74 Å². The Morgan fingerprint density at radius 1 is 1.26 bits per heavy atom. The number of likely N-dealkylation sites (tertiary alicyclic amines) is 1. The van der Waals surface area contributed by atoms with E-state index in [-0.39, 0.29) is 12.2 Å². The summed E-state index contributed by atoms with van der Waals surface area (Å²) in [6.45, 7) is 2.78. The van der Waals surface area contributed by atoms with Crippen molar-refractivity contribution in [3.05, 3.63) is 35.9 Å². The summed E-state index contributed by atoms with van der Waals surface area (Å²) in [7, 11) is 0. The van der Waals surface area contributed by atoms with E-state index in [1.807, 2.05) is 6.07 Å². The van der Waals surface area contributed by atoms with E-state index in [2.05, 4.69) is 34.2 Å². The molecule has 0 bridgehead atoms. The van der Waals surface area contributed by atoms with Gasteiger partial charge < -0.3 is 15.4 Å². The lowest BCUT2D eigenvalue weighted by Crippen LogP contribution is -2.46. The molecule has 2 atom stereocenters. The molecule has 4 heteroatoms. The highest BCUT2D eigenvalue weighted by atomic mass is 16.5. The van der Waals surface area contributed by atoms with Crippen molar-refractivity contribution in [3.8, 4) is 0 Å². The number of hydrogen-bond donors (Lipinski definition) is 1. The highest BCUT2D eigenvalue weighted by molar-refractivity contribution is 5.78. The van der Waals surface area contributed by atoms with Crippen LogP contribution >= 0.6 is 0 Å². The van der Waals surface area contributed by atoms with Crippen LogP contribution in [-0.4, -0.2) is 36.6 Å². The fourth-order valence-electron chi connectivity index (χ4n) is 2.59. The van der Waals surface area contributed by atoms with E-state index in [0.717, 1.165) is 25.9 Å². The van der Waals surface area contributed by atoms with Crippen LogP contribution in [0.25, 0.3) is 0 Å². The summed E-state index contributed by atoms with van der Waals surface area (Å²) < 4.78 is 6.05. The largest absolute Gasteiger partial charge is 0.370 e. The van der Waals surface area contributed by atoms with E-state index >= 15 is 0 Å². The van der Waals surface area contributed by atoms with Gasteiger partial charge in [-0.25, -0.2) is 0 Å². The SMILES string of the molecule is NC(=NC[C@H]1CC[C@@H](c2ccccc2)O1)N1CCC1. The average Bonchev–Trinajstić information content (AvgIpc) is 2.84. The standard InChI is InChI=1S/C15H21N3O/c16-15(18-9-4-10-18)17-11-13-7-8-14(19-13)12-5-2-1-3-6-12/h1-3,5-6,13-14H,4,7-11H2,(H2,16,17)/t13-,14+/m1/s1. The first-order chi connectivity index (χ1) is 9.33. The molecule has 3 rings (SSSR count). The molecule has 2 saturated heterocycles. The number of rotatable bonds is 3. The molecule has 0 aliphatic carbocycles. The molecule has 2 fully saturated rings. The molecule has 2 aliphatic heterocycles. The summed E-state index contributed by atoms with van der Waals surface area (Å²) in [4.78, 5) is 6.57. The number of hydrogen-bond acceptors (Lipinski definition) is 2. The second-order valence-electron chi connectivity index (χ2n) is 5.27. The van der Waals surface area contributed by atoms with Crippen LogP contribution in [0.3, 0.4) is 0 Å². The van der Waals surface area contributed by atoms with Crippen LogP contribution in [0.4, 0.5) is 0 Å². The molecule has 102 valence electrons. The Labute approximate surface area is 114 Å². The van der Waals surface area contributed by atoms with Crippen LogP contribution in [-0.2, 0) is 4.74 Å². The minimum Gasteiger partial charge on any atom is -0.370 e. The van der Waals surface area contributed by atoms with Gasteiger partial charge in [-0.2, -0.15) is 0 Å². The predicted octanol–water partition coefficient (Wildman–Crippen LogP) is 1.93. The maximum atomic E-state index is 6.05. The first-order valence-corrected chi connectivity index (χ1v) is 7.08. The van der Waals surface area contributed by atoms with Crippen LogP contribution in [0.5, 0.6) is 0 Å². The molecular weight excluding hydrogens is 238 g/mol. The van der Waals surface area contributed by atoms with Gasteiger partial charge in [0.1, 0.15) is 0 Å². The first kappa shape index (κ1) is 12.5. The molecule has 0 spiro atoms. The average molecular weight is 259 g/mol. The zero-order chi connectivity index (χ0) is 13.1. The van der Waals surface area contributed by atoms with Gasteiger partial charge in [0.05, 0.1) is 18.8 Å². The van der Waals surface area contributed by atoms with Gasteiger partial charge >= 0.3 is 0 Å². The van der Waals surface area contributed by atoms with Gasteiger partial charge in [-0.1, -0.05) is 30.3 Å². The topological polar surface area (TPSA) is 50.9 Å². The summed E-state index contributed by atoms with van der Waals surface area (Å²) in [6.07, 6.45) is 3.81. The lowest BCUT2D eigenvalue weighted by Gasteiger charge is -2.31. The maximum Gasteiger partial charge on any atom is 0.191 e. The van der Waals surface area contributed by atoms with E-state index in [0.29, 0.717) is 12.5 Å². The zero-order valence-electron chi connectivity index (χ0n) is 11.2. The van der Waals surface area contributed by atoms with Gasteiger partial charge in [0.25, 0.3) is 0 Å². The summed E-state index contributed by atoms with van der Waals surface area (Å²) in [6, 6.07) is 10.4. The highest BCUT2D eigenvalue weighted by Gasteiger charge is 2.26. The fraction of sp³-hybridized carbons (Fsp3) is 0.533. The fourth-order valence-corrected chi connectivity index (χ4v) is 2.59. The molecule has 0 saturated carbocycles. The Morgan fingerprint density at radius 2 is 2.05 bits per heavy atom. The lowest BCUT2D eigenvalue weighted by atomic mass is 10.1. The van der Waals surface area contributed by atoms with Gasteiger partial charge in [0.15, 0.2) is 5.96 Å². The minimum absolute atomic E-state index is 0.213. The quantitative estimate of drug-likeness (QED) is 0.666. The van der Waals surface area contributed by atoms with E-state index < -0.39 is 0 Å². The van der Waals surface area contributed by atoms with Crippen LogP contribution in [0.15, 0.2) is 35.3 Å². The van der Waals surface area contributed by atoms with Crippen LogP contribution in [0.1, 0.15) is 30.9 Å². The molecule has 0 radical (unpaired) electrons. The molecule has 4 nitrogen and oxygen atoms in total. The van der Waals surface area contributed by atoms with Crippen molar-refractivity contribution in [1.82, 2.24) is 4.90 Å². The molecule has 19 heavy (non-hydrogen) atoms. The third-order valence-electron chi connectivity index (χ3n) is 3.92. The molecule has 2 heterocycles. The van der Waals surface area contributed by atoms with Crippen LogP contribution < -0.4 is 5.73 Å². The monoisotopic (exact) mass is 259 g/mol. The van der Waals surface area contributed by atoms with Gasteiger partial charge in [0, 0.05) is 13.1 Å². The molecule has 0 aromatic heterocycles. The third-order valence-corrected chi connectivity index (χ3v) is 3.92. The molecule has 1 aromatic carbocycles. The number of benzene rings is 1. The predicted molar refractivity (Wildman–Crippen MR) is 76.0 cm³/mol. The van der Waals surface area contributed by atoms with E-state index in [1.165, 1.54) is 12.0 Å². The van der Waals surface area contributed by atoms with Gasteiger partial charge in [0.2, 0.25) is 0 Å². The molecule has 2 N–H and O–H groups in total. The summed E-state index contributed by atoms with van der Waals surface area (Å²) >= 11 is 0. The third kappa shape index (κ3) is 2.89. The number of ether oxygens (including phenoxy) is 1. The summed E-state index contributed by atoms with van der Waals surface area (Å²) in [5, 5.41) is 0. The zero-order valence-corrected chi connectivity index (χ0v) is 11.2. The first-order valence-electron chi connectivity index (χ1n) is 7.08. The maximum absolute atomic E-state index is 6.05. The molecule has 0 unspecified atom stereocenters. The van der Waals surface area contributed by atoms with Crippen molar-refractivity contribution in [2.24, 2.45) is 10.7 Å². The molecule has 0 amide bonds. The smallest absolute Gasteiger partial charge is 0.191 e. The Kier molecular flexibility index (Phi) is 3.69. The van der Waals surface area contributed by atoms with Gasteiger partial charge in [-0.05, 0) is 24.8 Å². The Hall–Kier alpha value is -1.55. The second kappa shape index (κ2) is 5.61. The van der Waals surface area contributed by atoms with E-state index in [9.17, 15) is 0 Å².